The van der Waals surface area contributed by atoms with Crippen LogP contribution in [0.2, 0.25) is 0 Å². The number of halogens is 2. The Morgan fingerprint density at radius 1 is 1.11 bits per heavy atom. The molecular formula is C27H27F2N5O. The number of hydrogen-bond donors (Lipinski definition) is 2. The van der Waals surface area contributed by atoms with Crippen molar-refractivity contribution in [1.29, 1.82) is 0 Å². The van der Waals surface area contributed by atoms with Gasteiger partial charge in [-0.2, -0.15) is 5.10 Å². The number of aryl methyl sites for hydroxylation is 1. The molecule has 2 unspecified atom stereocenters. The smallest absolute Gasteiger partial charge is 0.254 e. The van der Waals surface area contributed by atoms with Crippen LogP contribution < -0.4 is 5.32 Å². The summed E-state index contributed by atoms with van der Waals surface area (Å²) in [5, 5.41) is 11.8. The van der Waals surface area contributed by atoms with Crippen molar-refractivity contribution < 1.29 is 13.6 Å². The third kappa shape index (κ3) is 3.42. The van der Waals surface area contributed by atoms with Crippen molar-refractivity contribution in [3.63, 3.8) is 0 Å². The monoisotopic (exact) mass is 475 g/mol. The van der Waals surface area contributed by atoms with Crippen molar-refractivity contribution in [2.45, 2.75) is 38.0 Å². The summed E-state index contributed by atoms with van der Waals surface area (Å²) in [6.07, 6.45) is 3.12. The van der Waals surface area contributed by atoms with Crippen LogP contribution in [0.3, 0.4) is 0 Å². The van der Waals surface area contributed by atoms with E-state index in [2.05, 4.69) is 15.5 Å². The molecule has 1 saturated carbocycles. The van der Waals surface area contributed by atoms with Crippen LogP contribution in [-0.4, -0.2) is 53.2 Å². The lowest BCUT2D eigenvalue weighted by molar-refractivity contribution is 0.0947. The number of likely N-dealkylation sites (N-methyl/N-ethyl adjacent to an activating group) is 1. The Balaban J connectivity index is 1.50. The standard InChI is InChI=1S/C27H27F2N5O/c1-13-21-20(33-32-13)12-19(29)26-24(21)22-14-4-5-15(10-14)23(22)25(31-26)16-6-7-17(18(28)11-16)27(35)30-8-9-34(2)3/h6-7,11-12,14-15H,4-5,8-10H2,1-3H3,(H,30,35)(H,32,33). The molecule has 1 amide bonds. The number of rotatable bonds is 5. The Labute approximate surface area is 201 Å². The van der Waals surface area contributed by atoms with Crippen molar-refractivity contribution >= 4 is 27.7 Å². The number of pyridine rings is 1. The summed E-state index contributed by atoms with van der Waals surface area (Å²) in [6, 6.07) is 6.00. The van der Waals surface area contributed by atoms with E-state index in [1.54, 1.807) is 6.07 Å². The summed E-state index contributed by atoms with van der Waals surface area (Å²) in [7, 11) is 3.82. The first kappa shape index (κ1) is 22.1. The topological polar surface area (TPSA) is 73.9 Å². The first-order valence-corrected chi connectivity index (χ1v) is 12.1. The lowest BCUT2D eigenvalue weighted by Crippen LogP contribution is -2.31. The SMILES string of the molecule is Cc1[nH]nc2cc(F)c3nc(-c4ccc(C(=O)NCCN(C)C)c(F)c4)c4c(c3c12)C1CCC4C1. The van der Waals surface area contributed by atoms with Gasteiger partial charge in [0, 0.05) is 41.2 Å². The fourth-order valence-corrected chi connectivity index (χ4v) is 6.00. The Kier molecular flexibility index (Phi) is 5.11. The Morgan fingerprint density at radius 3 is 2.63 bits per heavy atom. The van der Waals surface area contributed by atoms with Crippen molar-refractivity contribution in [2.75, 3.05) is 27.2 Å². The van der Waals surface area contributed by atoms with E-state index in [4.69, 9.17) is 4.98 Å². The zero-order chi connectivity index (χ0) is 24.4. The molecule has 1 fully saturated rings. The molecule has 6 nitrogen and oxygen atoms in total. The third-order valence-electron chi connectivity index (χ3n) is 7.57. The number of carbonyl (C=O) groups excluding carboxylic acids is 1. The molecule has 0 radical (unpaired) electrons. The van der Waals surface area contributed by atoms with Crippen molar-refractivity contribution in [3.05, 3.63) is 58.3 Å². The van der Waals surface area contributed by atoms with Crippen molar-refractivity contribution in [2.24, 2.45) is 0 Å². The van der Waals surface area contributed by atoms with Crippen LogP contribution in [0.5, 0.6) is 0 Å². The lowest BCUT2D eigenvalue weighted by Gasteiger charge is -2.22. The van der Waals surface area contributed by atoms with Crippen LogP contribution in [0.4, 0.5) is 8.78 Å². The van der Waals surface area contributed by atoms with Gasteiger partial charge in [0.25, 0.3) is 5.91 Å². The molecule has 35 heavy (non-hydrogen) atoms. The number of hydrogen-bond acceptors (Lipinski definition) is 4. The summed E-state index contributed by atoms with van der Waals surface area (Å²) in [4.78, 5) is 19.2. The quantitative estimate of drug-likeness (QED) is 0.425. The van der Waals surface area contributed by atoms with Gasteiger partial charge >= 0.3 is 0 Å². The fourth-order valence-electron chi connectivity index (χ4n) is 6.00. The van der Waals surface area contributed by atoms with Gasteiger partial charge in [-0.25, -0.2) is 13.8 Å². The van der Waals surface area contributed by atoms with Crippen LogP contribution in [0.25, 0.3) is 33.1 Å². The lowest BCUT2D eigenvalue weighted by atomic mass is 9.85. The van der Waals surface area contributed by atoms with E-state index in [0.717, 1.165) is 46.9 Å². The zero-order valence-corrected chi connectivity index (χ0v) is 20.0. The van der Waals surface area contributed by atoms with Crippen LogP contribution in [0.15, 0.2) is 24.3 Å². The number of aromatic amines is 1. The molecule has 2 N–H and O–H groups in total. The van der Waals surface area contributed by atoms with E-state index in [9.17, 15) is 4.79 Å². The number of carbonyl (C=O) groups is 1. The van der Waals surface area contributed by atoms with Gasteiger partial charge < -0.3 is 10.2 Å². The van der Waals surface area contributed by atoms with E-state index in [-0.39, 0.29) is 5.56 Å². The van der Waals surface area contributed by atoms with Gasteiger partial charge in [0.05, 0.1) is 16.8 Å². The highest BCUT2D eigenvalue weighted by atomic mass is 19.1. The summed E-state index contributed by atoms with van der Waals surface area (Å²) in [6.45, 7) is 3.03. The number of fused-ring (bicyclic) bond motifs is 9. The van der Waals surface area contributed by atoms with Gasteiger partial charge in [-0.3, -0.25) is 9.89 Å². The molecule has 0 aliphatic heterocycles. The minimum absolute atomic E-state index is 0.00614. The zero-order valence-electron chi connectivity index (χ0n) is 20.0. The first-order valence-electron chi connectivity index (χ1n) is 12.1. The first-order chi connectivity index (χ1) is 16.8. The number of H-pyrrole nitrogens is 1. The highest BCUT2D eigenvalue weighted by molar-refractivity contribution is 6.10. The Morgan fingerprint density at radius 2 is 1.89 bits per heavy atom. The highest BCUT2D eigenvalue weighted by Crippen LogP contribution is 2.58. The van der Waals surface area contributed by atoms with Gasteiger partial charge in [-0.15, -0.1) is 0 Å². The second-order valence-electron chi connectivity index (χ2n) is 10.1. The fraction of sp³-hybridized carbons (Fsp3) is 0.370. The summed E-state index contributed by atoms with van der Waals surface area (Å²) >= 11 is 0. The van der Waals surface area contributed by atoms with Gasteiger partial charge in [0.15, 0.2) is 5.82 Å². The van der Waals surface area contributed by atoms with Gasteiger partial charge in [-0.05, 0) is 75.4 Å². The normalized spacial score (nSPS) is 18.7. The third-order valence-corrected chi connectivity index (χ3v) is 7.57. The summed E-state index contributed by atoms with van der Waals surface area (Å²) < 4.78 is 30.4. The molecule has 2 heterocycles. The molecule has 4 aromatic rings. The van der Waals surface area contributed by atoms with Gasteiger partial charge in [0.1, 0.15) is 11.3 Å². The maximum atomic E-state index is 15.3. The van der Waals surface area contributed by atoms with Crippen LogP contribution in [0, 0.1) is 18.6 Å². The van der Waals surface area contributed by atoms with E-state index in [0.29, 0.717) is 47.2 Å². The van der Waals surface area contributed by atoms with E-state index < -0.39 is 17.5 Å². The van der Waals surface area contributed by atoms with Gasteiger partial charge in [-0.1, -0.05) is 6.07 Å². The minimum atomic E-state index is -0.606. The number of amides is 1. The largest absolute Gasteiger partial charge is 0.351 e. The molecule has 2 aromatic heterocycles. The second-order valence-corrected chi connectivity index (χ2v) is 10.1. The predicted octanol–water partition coefficient (Wildman–Crippen LogP) is 5.02. The van der Waals surface area contributed by atoms with E-state index >= 15 is 8.78 Å². The van der Waals surface area contributed by atoms with Crippen LogP contribution in [-0.2, 0) is 0 Å². The Bertz CT molecular complexity index is 1510. The summed E-state index contributed by atoms with van der Waals surface area (Å²) in [5.41, 5.74) is 5.22. The molecule has 6 rings (SSSR count). The molecule has 2 bridgehead atoms. The molecule has 0 saturated heterocycles. The molecule has 8 heteroatoms. The Hall–Kier alpha value is -3.39. The highest BCUT2D eigenvalue weighted by Gasteiger charge is 2.41. The maximum absolute atomic E-state index is 15.3. The second kappa shape index (κ2) is 8.09. The van der Waals surface area contributed by atoms with E-state index in [1.165, 1.54) is 18.2 Å². The van der Waals surface area contributed by atoms with E-state index in [1.807, 2.05) is 25.9 Å². The minimum Gasteiger partial charge on any atom is -0.351 e. The number of benzene rings is 2. The summed E-state index contributed by atoms with van der Waals surface area (Å²) in [5.74, 6) is -0.821. The number of aromatic nitrogens is 3. The van der Waals surface area contributed by atoms with Crippen molar-refractivity contribution in [3.8, 4) is 11.3 Å². The molecule has 0 spiro atoms. The molecular weight excluding hydrogens is 448 g/mol. The molecule has 2 atom stereocenters. The van der Waals surface area contributed by atoms with Crippen molar-refractivity contribution in [1.82, 2.24) is 25.4 Å². The average molecular weight is 476 g/mol. The van der Waals surface area contributed by atoms with Gasteiger partial charge in [0.2, 0.25) is 0 Å². The molecule has 2 aliphatic rings. The molecule has 2 aromatic carbocycles. The maximum Gasteiger partial charge on any atom is 0.254 e. The van der Waals surface area contributed by atoms with Crippen LogP contribution in [0.1, 0.15) is 58.3 Å². The number of nitrogens with zero attached hydrogens (tertiary/aromatic N) is 3. The number of nitrogens with one attached hydrogen (secondary N) is 2. The average Bonchev–Trinajstić information content (AvgIpc) is 3.54. The molecule has 180 valence electrons. The molecule has 2 aliphatic carbocycles. The van der Waals surface area contributed by atoms with Crippen LogP contribution >= 0.6 is 0 Å². The predicted molar refractivity (Wildman–Crippen MR) is 132 cm³/mol.